The van der Waals surface area contributed by atoms with Gasteiger partial charge in [0.1, 0.15) is 17.8 Å². The van der Waals surface area contributed by atoms with Crippen LogP contribution in [0.15, 0.2) is 47.1 Å². The van der Waals surface area contributed by atoms with E-state index in [0.29, 0.717) is 30.8 Å². The molecule has 1 aliphatic carbocycles. The number of aliphatic hydroxyl groups excluding tert-OH is 2. The maximum absolute atomic E-state index is 14.1. The van der Waals surface area contributed by atoms with Crippen molar-refractivity contribution in [3.05, 3.63) is 47.1 Å². The average Bonchev–Trinajstić information content (AvgIpc) is 3.27. The van der Waals surface area contributed by atoms with Crippen LogP contribution in [0.4, 0.5) is 0 Å². The number of carbonyl (C=O) groups is 1. The highest BCUT2D eigenvalue weighted by Gasteiger charge is 2.62. The highest BCUT2D eigenvalue weighted by molar-refractivity contribution is 5.76. The van der Waals surface area contributed by atoms with Crippen molar-refractivity contribution in [3.8, 4) is 0 Å². The Hall–Kier alpha value is -1.81. The van der Waals surface area contributed by atoms with E-state index in [1.807, 2.05) is 32.9 Å². The Labute approximate surface area is 263 Å². The van der Waals surface area contributed by atoms with Crippen LogP contribution in [-0.4, -0.2) is 75.9 Å². The molecular formula is C36H54O8. The Morgan fingerprint density at radius 2 is 1.84 bits per heavy atom. The zero-order valence-electron chi connectivity index (χ0n) is 27.6. The number of allylic oxidation sites excluding steroid dienone is 5. The van der Waals surface area contributed by atoms with Crippen molar-refractivity contribution < 1.29 is 39.1 Å². The summed E-state index contributed by atoms with van der Waals surface area (Å²) >= 11 is 0. The second-order valence-corrected chi connectivity index (χ2v) is 14.8. The summed E-state index contributed by atoms with van der Waals surface area (Å²) in [5, 5.41) is 34.5. The molecule has 3 N–H and O–H groups in total. The van der Waals surface area contributed by atoms with Crippen LogP contribution in [0.1, 0.15) is 87.0 Å². The lowest BCUT2D eigenvalue weighted by atomic mass is 9.66. The molecule has 0 aromatic heterocycles. The minimum atomic E-state index is -1.66. The number of hydrogen-bond donors (Lipinski definition) is 3. The zero-order chi connectivity index (χ0) is 32.0. The quantitative estimate of drug-likeness (QED) is 0.289. The van der Waals surface area contributed by atoms with Gasteiger partial charge < -0.3 is 34.3 Å². The van der Waals surface area contributed by atoms with Gasteiger partial charge in [-0.1, -0.05) is 70.6 Å². The van der Waals surface area contributed by atoms with Crippen molar-refractivity contribution in [2.45, 2.75) is 135 Å². The van der Waals surface area contributed by atoms with Crippen LogP contribution in [0, 0.1) is 29.6 Å². The van der Waals surface area contributed by atoms with Gasteiger partial charge in [-0.2, -0.15) is 0 Å². The first-order chi connectivity index (χ1) is 20.7. The van der Waals surface area contributed by atoms with Crippen molar-refractivity contribution >= 4 is 5.97 Å². The summed E-state index contributed by atoms with van der Waals surface area (Å²) in [6, 6.07) is 0. The van der Waals surface area contributed by atoms with E-state index in [1.54, 1.807) is 0 Å². The molecule has 1 saturated carbocycles. The topological polar surface area (TPSA) is 115 Å². The molecule has 246 valence electrons. The first-order valence-electron chi connectivity index (χ1n) is 16.7. The number of fused-ring (bicyclic) bond motifs is 2. The normalized spacial score (nSPS) is 48.6. The number of aliphatic hydroxyl groups is 3. The molecule has 44 heavy (non-hydrogen) atoms. The summed E-state index contributed by atoms with van der Waals surface area (Å²) in [7, 11) is 0. The lowest BCUT2D eigenvalue weighted by molar-refractivity contribution is -0.343. The highest BCUT2D eigenvalue weighted by Crippen LogP contribution is 2.49. The fraction of sp³-hybridized carbons (Fsp3) is 0.750. The van der Waals surface area contributed by atoms with E-state index in [1.165, 1.54) is 5.57 Å². The van der Waals surface area contributed by atoms with Crippen LogP contribution in [-0.2, 0) is 23.7 Å². The Morgan fingerprint density at radius 3 is 2.57 bits per heavy atom. The van der Waals surface area contributed by atoms with Gasteiger partial charge in [0.2, 0.25) is 0 Å². The maximum atomic E-state index is 14.1. The van der Waals surface area contributed by atoms with Crippen molar-refractivity contribution in [1.82, 2.24) is 0 Å². The molecule has 1 unspecified atom stereocenters. The Balaban J connectivity index is 1.51. The van der Waals surface area contributed by atoms with Crippen LogP contribution in [0.3, 0.4) is 0 Å². The number of hydrogen-bond acceptors (Lipinski definition) is 8. The van der Waals surface area contributed by atoms with Crippen LogP contribution in [0.5, 0.6) is 0 Å². The van der Waals surface area contributed by atoms with Crippen LogP contribution >= 0.6 is 0 Å². The Kier molecular flexibility index (Phi) is 10.0. The summed E-state index contributed by atoms with van der Waals surface area (Å²) in [5.74, 6) is -2.29. The van der Waals surface area contributed by atoms with E-state index < -0.39 is 47.7 Å². The SMILES string of the molecule is C/C1=C\C[C@@H]2C[C@@H](C[C@]3(C[C@H](O)[C@H](C)[C@@H](/C(C)=C/C(C)C)O3)O2)OC(=O)[C@@H]2CC(C)[C@@H](O)[C@H]3OC/C(=C\C=C\[C@H](C)C1)[C@]32O. The number of carbonyl (C=O) groups excluding carboxylic acids is 1. The van der Waals surface area contributed by atoms with Crippen molar-refractivity contribution in [3.63, 3.8) is 0 Å². The second kappa shape index (κ2) is 13.1. The Morgan fingerprint density at radius 1 is 1.09 bits per heavy atom. The van der Waals surface area contributed by atoms with E-state index in [-0.39, 0.29) is 49.4 Å². The molecule has 3 saturated heterocycles. The van der Waals surface area contributed by atoms with Crippen molar-refractivity contribution in [2.24, 2.45) is 29.6 Å². The van der Waals surface area contributed by atoms with Gasteiger partial charge in [-0.25, -0.2) is 0 Å². The number of esters is 1. The van der Waals surface area contributed by atoms with E-state index in [0.717, 1.165) is 12.0 Å². The summed E-state index contributed by atoms with van der Waals surface area (Å²) in [5.41, 5.74) is 1.21. The average molecular weight is 615 g/mol. The Bertz CT molecular complexity index is 1190. The number of rotatable bonds is 2. The predicted octanol–water partition coefficient (Wildman–Crippen LogP) is 5.17. The second-order valence-electron chi connectivity index (χ2n) is 14.8. The smallest absolute Gasteiger partial charge is 0.312 e. The van der Waals surface area contributed by atoms with Crippen LogP contribution < -0.4 is 0 Å². The van der Waals surface area contributed by atoms with Crippen LogP contribution in [0.2, 0.25) is 0 Å². The van der Waals surface area contributed by atoms with Gasteiger partial charge in [0.05, 0.1) is 36.9 Å². The molecule has 8 nitrogen and oxygen atoms in total. The monoisotopic (exact) mass is 614 g/mol. The molecule has 4 aliphatic heterocycles. The largest absolute Gasteiger partial charge is 0.462 e. The van der Waals surface area contributed by atoms with Crippen molar-refractivity contribution in [2.75, 3.05) is 6.61 Å². The van der Waals surface area contributed by atoms with E-state index in [2.05, 4.69) is 45.9 Å². The highest BCUT2D eigenvalue weighted by atomic mass is 16.7. The fourth-order valence-corrected chi connectivity index (χ4v) is 8.22. The third-order valence-corrected chi connectivity index (χ3v) is 10.5. The molecule has 4 fully saturated rings. The van der Waals surface area contributed by atoms with Gasteiger partial charge in [-0.3, -0.25) is 4.79 Å². The molecule has 0 amide bonds. The minimum absolute atomic E-state index is 0.114. The van der Waals surface area contributed by atoms with Gasteiger partial charge in [0.15, 0.2) is 5.79 Å². The van der Waals surface area contributed by atoms with Gasteiger partial charge in [-0.15, -0.1) is 0 Å². The predicted molar refractivity (Wildman–Crippen MR) is 167 cm³/mol. The van der Waals surface area contributed by atoms with E-state index in [9.17, 15) is 20.1 Å². The molecule has 0 aromatic carbocycles. The molecule has 1 spiro atoms. The third kappa shape index (κ3) is 6.67. The fourth-order valence-electron chi connectivity index (χ4n) is 8.22. The van der Waals surface area contributed by atoms with E-state index >= 15 is 0 Å². The first kappa shape index (κ1) is 33.6. The molecule has 8 heteroatoms. The molecule has 5 aliphatic rings. The summed E-state index contributed by atoms with van der Waals surface area (Å²) in [6.07, 6.45) is 9.49. The van der Waals surface area contributed by atoms with Crippen molar-refractivity contribution in [1.29, 1.82) is 0 Å². The third-order valence-electron chi connectivity index (χ3n) is 10.5. The van der Waals surface area contributed by atoms with Gasteiger partial charge in [0.25, 0.3) is 0 Å². The van der Waals surface area contributed by atoms with Gasteiger partial charge >= 0.3 is 5.97 Å². The molecule has 12 atom stereocenters. The van der Waals surface area contributed by atoms with E-state index in [4.69, 9.17) is 18.9 Å². The van der Waals surface area contributed by atoms with Crippen LogP contribution in [0.25, 0.3) is 0 Å². The number of ether oxygens (including phenoxy) is 4. The summed E-state index contributed by atoms with van der Waals surface area (Å²) in [6.45, 7) is 14.6. The molecular weight excluding hydrogens is 560 g/mol. The molecule has 2 bridgehead atoms. The maximum Gasteiger partial charge on any atom is 0.312 e. The lowest BCUT2D eigenvalue weighted by Gasteiger charge is -2.51. The first-order valence-corrected chi connectivity index (χ1v) is 16.7. The van der Waals surface area contributed by atoms with Gasteiger partial charge in [0, 0.05) is 25.2 Å². The minimum Gasteiger partial charge on any atom is -0.462 e. The molecule has 0 aromatic rings. The standard InChI is InChI=1S/C36H54O8/c1-20(2)13-24(6)32-25(7)30(37)18-35(44-32)17-28-16-27(43-35)12-11-22(4)14-21(3)9-8-10-26-19-41-33-31(38)23(5)15-29(34(39)42-28)36(26,33)40/h8-11,13,20-21,23,25,27-33,37-38,40H,12,14-19H2,1-7H3/b9-8+,22-11+,24-13+,26-10+/t21-,23?,25-,27+,28-,29-,30-,31+,32+,33+,35-,36+/m0/s1. The summed E-state index contributed by atoms with van der Waals surface area (Å²) < 4.78 is 25.8. The zero-order valence-corrected chi connectivity index (χ0v) is 27.6. The summed E-state index contributed by atoms with van der Waals surface area (Å²) in [4.78, 5) is 14.1. The molecule has 5 rings (SSSR count). The molecule has 0 radical (unpaired) electrons. The molecule has 4 heterocycles. The van der Waals surface area contributed by atoms with Gasteiger partial charge in [-0.05, 0) is 62.0 Å². The lowest BCUT2D eigenvalue weighted by Crippen LogP contribution is -2.61.